The van der Waals surface area contributed by atoms with Crippen LogP contribution in [-0.2, 0) is 0 Å². The molecule has 36 heavy (non-hydrogen) atoms. The van der Waals surface area contributed by atoms with Crippen molar-refractivity contribution in [3.8, 4) is 35.2 Å². The molecule has 8 heteroatoms. The molecule has 1 aliphatic heterocycles. The molecule has 3 heterocycles. The molecule has 3 aliphatic rings. The van der Waals surface area contributed by atoms with Gasteiger partial charge in [-0.2, -0.15) is 5.10 Å². The zero-order valence-corrected chi connectivity index (χ0v) is 19.7. The van der Waals surface area contributed by atoms with Crippen LogP contribution < -0.4 is 10.1 Å². The Bertz CT molecular complexity index is 1610. The first-order valence-electron chi connectivity index (χ1n) is 12.4. The molecule has 3 fully saturated rings. The first kappa shape index (κ1) is 21.6. The van der Waals surface area contributed by atoms with Crippen molar-refractivity contribution < 1.29 is 18.6 Å². The van der Waals surface area contributed by atoms with E-state index >= 15 is 4.39 Å². The average Bonchev–Trinajstić information content (AvgIpc) is 3.74. The lowest BCUT2D eigenvalue weighted by atomic mass is 9.95. The highest BCUT2D eigenvalue weighted by Gasteiger charge is 2.56. The van der Waals surface area contributed by atoms with Gasteiger partial charge in [0, 0.05) is 16.9 Å². The van der Waals surface area contributed by atoms with E-state index in [1.807, 2.05) is 6.92 Å². The number of piperidine rings is 1. The summed E-state index contributed by atoms with van der Waals surface area (Å²) in [6.45, 7) is 4.06. The number of ether oxygens (including phenoxy) is 1. The van der Waals surface area contributed by atoms with Crippen LogP contribution in [0.2, 0.25) is 0 Å². The van der Waals surface area contributed by atoms with Crippen LogP contribution in [0.15, 0.2) is 24.3 Å². The van der Waals surface area contributed by atoms with E-state index in [-0.39, 0.29) is 34.5 Å². The summed E-state index contributed by atoms with van der Waals surface area (Å²) in [5.74, 6) is 2.67. The largest absolute Gasteiger partial charge is 0.508 e. The Kier molecular flexibility index (Phi) is 4.58. The van der Waals surface area contributed by atoms with Crippen LogP contribution in [0.25, 0.3) is 32.9 Å². The lowest BCUT2D eigenvalue weighted by molar-refractivity contribution is 0.331. The molecule has 0 spiro atoms. The lowest BCUT2D eigenvalue weighted by Gasteiger charge is -2.14. The number of aromatic hydroxyl groups is 1. The van der Waals surface area contributed by atoms with E-state index in [2.05, 4.69) is 16.2 Å². The number of halogens is 2. The minimum Gasteiger partial charge on any atom is -0.508 e. The topological polar surface area (TPSA) is 72.2 Å². The number of fused-ring (bicyclic) bond motifs is 3. The molecule has 6 nitrogen and oxygen atoms in total. The van der Waals surface area contributed by atoms with Crippen LogP contribution in [0.3, 0.4) is 0 Å². The third-order valence-corrected chi connectivity index (χ3v) is 7.81. The summed E-state index contributed by atoms with van der Waals surface area (Å²) in [5, 5.41) is 20.3. The summed E-state index contributed by atoms with van der Waals surface area (Å²) < 4.78 is 39.1. The Morgan fingerprint density at radius 3 is 2.67 bits per heavy atom. The van der Waals surface area contributed by atoms with Gasteiger partial charge in [-0.15, -0.1) is 6.42 Å². The predicted molar refractivity (Wildman–Crippen MR) is 132 cm³/mol. The number of phenols is 1. The van der Waals surface area contributed by atoms with E-state index < -0.39 is 11.6 Å². The normalized spacial score (nSPS) is 22.7. The molecule has 2 saturated carbocycles. The van der Waals surface area contributed by atoms with Gasteiger partial charge < -0.3 is 15.2 Å². The predicted octanol–water partition coefficient (Wildman–Crippen LogP) is 4.88. The molecule has 3 atom stereocenters. The number of hydrogen-bond donors (Lipinski definition) is 2. The molecule has 1 saturated heterocycles. The zero-order valence-electron chi connectivity index (χ0n) is 19.7. The Labute approximate surface area is 206 Å². The number of pyridine rings is 1. The number of rotatable bonds is 5. The van der Waals surface area contributed by atoms with E-state index in [0.29, 0.717) is 46.0 Å². The second-order valence-corrected chi connectivity index (χ2v) is 9.97. The number of benzene rings is 2. The van der Waals surface area contributed by atoms with Gasteiger partial charge in [-0.1, -0.05) is 12.0 Å². The highest BCUT2D eigenvalue weighted by atomic mass is 19.1. The Hall–Kier alpha value is -3.70. The maximum Gasteiger partial charge on any atom is 0.225 e. The zero-order chi connectivity index (χ0) is 24.7. The standard InChI is InChI=1S/C28H24F2N4O2/c1-3-16-20(29)8-5-13-9-15(35)10-17(21(13)16)25-24(30)27-23(28(32-25)36-4-2)26(33-34(27)14-6-7-14)22-18-11-31-12-19(18)22/h1,5,8-10,14,18-19,22,31,35H,4,6-7,11-12H2,2H3/t18-,19+,22?. The highest BCUT2D eigenvalue weighted by molar-refractivity contribution is 6.03. The second-order valence-electron chi connectivity index (χ2n) is 9.97. The third-order valence-electron chi connectivity index (χ3n) is 7.81. The van der Waals surface area contributed by atoms with Crippen molar-refractivity contribution in [3.05, 3.63) is 47.2 Å². The number of aromatic nitrogens is 3. The van der Waals surface area contributed by atoms with Crippen molar-refractivity contribution in [3.63, 3.8) is 0 Å². The smallest absolute Gasteiger partial charge is 0.225 e. The van der Waals surface area contributed by atoms with Crippen LogP contribution >= 0.6 is 0 Å². The molecule has 0 amide bonds. The van der Waals surface area contributed by atoms with Gasteiger partial charge in [0.15, 0.2) is 5.82 Å². The molecule has 0 bridgehead atoms. The van der Waals surface area contributed by atoms with E-state index in [1.165, 1.54) is 24.3 Å². The fourth-order valence-electron chi connectivity index (χ4n) is 6.00. The van der Waals surface area contributed by atoms with E-state index in [4.69, 9.17) is 16.3 Å². The van der Waals surface area contributed by atoms with Gasteiger partial charge in [0.25, 0.3) is 0 Å². The number of phenolic OH excluding ortho intramolecular Hbond substituents is 1. The molecule has 7 rings (SSSR count). The monoisotopic (exact) mass is 486 g/mol. The minimum absolute atomic E-state index is 0.00329. The number of hydrogen-bond acceptors (Lipinski definition) is 5. The van der Waals surface area contributed by atoms with Crippen molar-refractivity contribution in [2.24, 2.45) is 11.8 Å². The van der Waals surface area contributed by atoms with E-state index in [1.54, 1.807) is 4.68 Å². The van der Waals surface area contributed by atoms with Crippen LogP contribution in [0.5, 0.6) is 11.6 Å². The second kappa shape index (κ2) is 7.65. The maximum absolute atomic E-state index is 16.6. The maximum atomic E-state index is 16.6. The third kappa shape index (κ3) is 2.99. The average molecular weight is 487 g/mol. The summed E-state index contributed by atoms with van der Waals surface area (Å²) >= 11 is 0. The Balaban J connectivity index is 1.55. The van der Waals surface area contributed by atoms with Crippen LogP contribution in [0.1, 0.15) is 43.0 Å². The number of nitrogens with zero attached hydrogens (tertiary/aromatic N) is 3. The molecule has 0 radical (unpaired) electrons. The summed E-state index contributed by atoms with van der Waals surface area (Å²) in [5.41, 5.74) is 1.38. The molecule has 1 unspecified atom stereocenters. The van der Waals surface area contributed by atoms with Crippen LogP contribution in [0, 0.1) is 35.8 Å². The van der Waals surface area contributed by atoms with Crippen molar-refractivity contribution in [2.45, 2.75) is 31.7 Å². The first-order chi connectivity index (χ1) is 17.5. The molecule has 2 N–H and O–H groups in total. The molecule has 2 aromatic carbocycles. The van der Waals surface area contributed by atoms with E-state index in [9.17, 15) is 9.50 Å². The van der Waals surface area contributed by atoms with Gasteiger partial charge in [-0.05, 0) is 68.3 Å². The van der Waals surface area contributed by atoms with Gasteiger partial charge in [0.1, 0.15) is 22.8 Å². The number of nitrogens with one attached hydrogen (secondary N) is 1. The van der Waals surface area contributed by atoms with Crippen molar-refractivity contribution in [1.82, 2.24) is 20.1 Å². The molecular formula is C28H24F2N4O2. The summed E-state index contributed by atoms with van der Waals surface area (Å²) in [4.78, 5) is 4.65. The Morgan fingerprint density at radius 1 is 1.19 bits per heavy atom. The highest BCUT2D eigenvalue weighted by Crippen LogP contribution is 2.58. The van der Waals surface area contributed by atoms with Gasteiger partial charge >= 0.3 is 0 Å². The van der Waals surface area contributed by atoms with Crippen molar-refractivity contribution >= 4 is 21.7 Å². The number of terminal acetylenes is 1. The van der Waals surface area contributed by atoms with Crippen LogP contribution in [-0.4, -0.2) is 39.6 Å². The fraction of sp³-hybridized carbons (Fsp3) is 0.357. The van der Waals surface area contributed by atoms with Gasteiger partial charge in [0.2, 0.25) is 5.88 Å². The van der Waals surface area contributed by atoms with Gasteiger partial charge in [0.05, 0.1) is 29.3 Å². The molecule has 4 aromatic rings. The molecular weight excluding hydrogens is 462 g/mol. The molecule has 2 aromatic heterocycles. The fourth-order valence-corrected chi connectivity index (χ4v) is 6.00. The van der Waals surface area contributed by atoms with Crippen LogP contribution in [0.4, 0.5) is 8.78 Å². The summed E-state index contributed by atoms with van der Waals surface area (Å²) in [6.07, 6.45) is 7.51. The Morgan fingerprint density at radius 2 is 1.97 bits per heavy atom. The van der Waals surface area contributed by atoms with Gasteiger partial charge in [-0.3, -0.25) is 4.68 Å². The molecule has 182 valence electrons. The summed E-state index contributed by atoms with van der Waals surface area (Å²) in [6, 6.07) is 5.74. The molecule has 2 aliphatic carbocycles. The van der Waals surface area contributed by atoms with Gasteiger partial charge in [-0.25, -0.2) is 13.8 Å². The first-order valence-corrected chi connectivity index (χ1v) is 12.4. The SMILES string of the molecule is C#Cc1c(F)ccc2cc(O)cc(-c3nc(OCC)c4c(C5[C@H]6CNC[C@@H]56)nn(C5CC5)c4c3F)c12. The van der Waals surface area contributed by atoms with Crippen molar-refractivity contribution in [2.75, 3.05) is 19.7 Å². The minimum atomic E-state index is -0.595. The van der Waals surface area contributed by atoms with E-state index in [0.717, 1.165) is 31.6 Å². The lowest BCUT2D eigenvalue weighted by Crippen LogP contribution is -2.14. The van der Waals surface area contributed by atoms with Crippen molar-refractivity contribution in [1.29, 1.82) is 0 Å². The summed E-state index contributed by atoms with van der Waals surface area (Å²) in [7, 11) is 0. The quantitative estimate of drug-likeness (QED) is 0.394.